The first-order valence-corrected chi connectivity index (χ1v) is 9.30. The maximum Gasteiger partial charge on any atom is 0.146 e. The summed E-state index contributed by atoms with van der Waals surface area (Å²) in [5, 5.41) is 1.11. The van der Waals surface area contributed by atoms with Gasteiger partial charge in [0.1, 0.15) is 18.1 Å². The van der Waals surface area contributed by atoms with Gasteiger partial charge in [-0.3, -0.25) is 4.98 Å². The Balaban J connectivity index is 1.72. The molecule has 2 aromatic heterocycles. The number of nitrogens with zero attached hydrogens (tertiary/aromatic N) is 2. The summed E-state index contributed by atoms with van der Waals surface area (Å²) in [5.41, 5.74) is 9.16. The van der Waals surface area contributed by atoms with Gasteiger partial charge in [0.15, 0.2) is 0 Å². The molecule has 0 unspecified atom stereocenters. The van der Waals surface area contributed by atoms with Crippen LogP contribution in [-0.4, -0.2) is 9.97 Å². The molecule has 2 aromatic carbocycles. The lowest BCUT2D eigenvalue weighted by molar-refractivity contribution is 0.301. The average Bonchev–Trinajstić information content (AvgIpc) is 2.94. The molecule has 0 saturated carbocycles. The van der Waals surface area contributed by atoms with Crippen LogP contribution in [-0.2, 0) is 12.0 Å². The van der Waals surface area contributed by atoms with Gasteiger partial charge in [-0.15, -0.1) is 0 Å². The van der Waals surface area contributed by atoms with E-state index >= 15 is 0 Å². The Morgan fingerprint density at radius 3 is 2.78 bits per heavy atom. The van der Waals surface area contributed by atoms with E-state index in [1.807, 2.05) is 24.4 Å². The molecule has 0 fully saturated rings. The predicted molar refractivity (Wildman–Crippen MR) is 107 cm³/mol. The van der Waals surface area contributed by atoms with E-state index in [2.05, 4.69) is 50.2 Å². The summed E-state index contributed by atoms with van der Waals surface area (Å²) in [5.74, 6) is 0.870. The number of rotatable bonds is 0. The Morgan fingerprint density at radius 2 is 1.85 bits per heavy atom. The van der Waals surface area contributed by atoms with Gasteiger partial charge in [0, 0.05) is 28.1 Å². The SMILES string of the molecule is CC1(C)c2cccnc2-c2ccc3c(c21)-c1nc2ccccc2cc1OC3. The number of pyridine rings is 2. The van der Waals surface area contributed by atoms with Crippen molar-refractivity contribution in [1.29, 1.82) is 0 Å². The van der Waals surface area contributed by atoms with Gasteiger partial charge in [0.25, 0.3) is 0 Å². The second-order valence-electron chi connectivity index (χ2n) is 7.86. The first-order valence-electron chi connectivity index (χ1n) is 9.30. The zero-order chi connectivity index (χ0) is 18.2. The predicted octanol–water partition coefficient (Wildman–Crippen LogP) is 5.50. The third-order valence-electron chi connectivity index (χ3n) is 5.96. The lowest BCUT2D eigenvalue weighted by Gasteiger charge is -2.28. The molecule has 3 heterocycles. The molecule has 2 aliphatic rings. The standard InChI is InChI=1S/C24H18N2O/c1-24(2)17-7-5-11-25-22(17)16-10-9-15-13-27-19-12-14-6-3-4-8-18(14)26-23(19)20(15)21(16)24/h3-12H,13H2,1-2H3. The maximum absolute atomic E-state index is 6.08. The molecule has 0 amide bonds. The van der Waals surface area contributed by atoms with Crippen LogP contribution in [0.5, 0.6) is 5.75 Å². The van der Waals surface area contributed by atoms with Crippen molar-refractivity contribution in [2.45, 2.75) is 25.9 Å². The molecule has 1 aliphatic heterocycles. The second kappa shape index (κ2) is 4.95. The Morgan fingerprint density at radius 1 is 0.963 bits per heavy atom. The largest absolute Gasteiger partial charge is 0.487 e. The molecule has 0 N–H and O–H groups in total. The van der Waals surface area contributed by atoms with Crippen molar-refractivity contribution >= 4 is 10.9 Å². The van der Waals surface area contributed by atoms with E-state index in [0.29, 0.717) is 6.61 Å². The first kappa shape index (κ1) is 14.9. The van der Waals surface area contributed by atoms with Gasteiger partial charge in [0.2, 0.25) is 0 Å². The zero-order valence-electron chi connectivity index (χ0n) is 15.3. The van der Waals surface area contributed by atoms with Crippen LogP contribution in [0.25, 0.3) is 33.4 Å². The third-order valence-corrected chi connectivity index (χ3v) is 5.96. The van der Waals surface area contributed by atoms with Crippen LogP contribution in [0.15, 0.2) is 60.8 Å². The topological polar surface area (TPSA) is 35.0 Å². The minimum atomic E-state index is -0.119. The lowest BCUT2D eigenvalue weighted by Crippen LogP contribution is -2.19. The summed E-state index contributed by atoms with van der Waals surface area (Å²) in [7, 11) is 0. The van der Waals surface area contributed by atoms with Crippen LogP contribution in [0.1, 0.15) is 30.5 Å². The van der Waals surface area contributed by atoms with Crippen molar-refractivity contribution in [2.24, 2.45) is 0 Å². The summed E-state index contributed by atoms with van der Waals surface area (Å²) in [6.45, 7) is 5.15. The Kier molecular flexibility index (Phi) is 2.73. The summed E-state index contributed by atoms with van der Waals surface area (Å²) in [6, 6.07) is 18.9. The molecule has 0 radical (unpaired) electrons. The molecule has 4 aromatic rings. The maximum atomic E-state index is 6.08. The molecule has 3 heteroatoms. The molecule has 0 atom stereocenters. The molecule has 3 nitrogen and oxygen atoms in total. The summed E-state index contributed by atoms with van der Waals surface area (Å²) >= 11 is 0. The quantitative estimate of drug-likeness (QED) is 0.420. The summed E-state index contributed by atoms with van der Waals surface area (Å²) in [6.07, 6.45) is 1.88. The van der Waals surface area contributed by atoms with Crippen molar-refractivity contribution in [3.05, 3.63) is 77.5 Å². The molecule has 27 heavy (non-hydrogen) atoms. The van der Waals surface area contributed by atoms with E-state index in [1.165, 1.54) is 27.8 Å². The van der Waals surface area contributed by atoms with Gasteiger partial charge >= 0.3 is 0 Å². The van der Waals surface area contributed by atoms with Gasteiger partial charge < -0.3 is 4.74 Å². The normalized spacial score (nSPS) is 15.5. The van der Waals surface area contributed by atoms with Gasteiger partial charge in [-0.25, -0.2) is 4.98 Å². The number of para-hydroxylation sites is 1. The Labute approximate surface area is 157 Å². The van der Waals surface area contributed by atoms with Crippen molar-refractivity contribution in [3.63, 3.8) is 0 Å². The number of benzene rings is 2. The van der Waals surface area contributed by atoms with Crippen LogP contribution >= 0.6 is 0 Å². The first-order chi connectivity index (χ1) is 13.1. The Hall–Kier alpha value is -3.20. The number of fused-ring (bicyclic) bond motifs is 8. The molecular formula is C24H18N2O. The van der Waals surface area contributed by atoms with Crippen molar-refractivity contribution in [2.75, 3.05) is 0 Å². The molecule has 0 bridgehead atoms. The molecule has 0 spiro atoms. The van der Waals surface area contributed by atoms with Gasteiger partial charge in [-0.1, -0.05) is 50.2 Å². The number of hydrogen-bond donors (Lipinski definition) is 0. The van der Waals surface area contributed by atoms with Crippen molar-refractivity contribution < 1.29 is 4.74 Å². The minimum Gasteiger partial charge on any atom is -0.487 e. The fourth-order valence-corrected chi connectivity index (χ4v) is 4.68. The van der Waals surface area contributed by atoms with Crippen LogP contribution in [0.3, 0.4) is 0 Å². The van der Waals surface area contributed by atoms with E-state index in [9.17, 15) is 0 Å². The van der Waals surface area contributed by atoms with E-state index in [-0.39, 0.29) is 5.41 Å². The number of aromatic nitrogens is 2. The fourth-order valence-electron chi connectivity index (χ4n) is 4.68. The highest BCUT2D eigenvalue weighted by Gasteiger charge is 2.40. The number of hydrogen-bond acceptors (Lipinski definition) is 3. The van der Waals surface area contributed by atoms with E-state index < -0.39 is 0 Å². The van der Waals surface area contributed by atoms with Crippen molar-refractivity contribution in [1.82, 2.24) is 9.97 Å². The molecule has 6 rings (SSSR count). The van der Waals surface area contributed by atoms with E-state index in [4.69, 9.17) is 14.7 Å². The molecule has 1 aliphatic carbocycles. The van der Waals surface area contributed by atoms with Crippen LogP contribution in [0.4, 0.5) is 0 Å². The monoisotopic (exact) mass is 350 g/mol. The van der Waals surface area contributed by atoms with Crippen molar-refractivity contribution in [3.8, 4) is 28.3 Å². The number of ether oxygens (including phenoxy) is 1. The molecular weight excluding hydrogens is 332 g/mol. The van der Waals surface area contributed by atoms with Crippen LogP contribution < -0.4 is 4.74 Å². The highest BCUT2D eigenvalue weighted by atomic mass is 16.5. The molecule has 130 valence electrons. The summed E-state index contributed by atoms with van der Waals surface area (Å²) < 4.78 is 6.08. The minimum absolute atomic E-state index is 0.119. The zero-order valence-corrected chi connectivity index (χ0v) is 15.3. The van der Waals surface area contributed by atoms with Gasteiger partial charge in [-0.05, 0) is 34.9 Å². The van der Waals surface area contributed by atoms with Gasteiger partial charge in [-0.2, -0.15) is 0 Å². The third kappa shape index (κ3) is 1.86. The summed E-state index contributed by atoms with van der Waals surface area (Å²) in [4.78, 5) is 9.72. The van der Waals surface area contributed by atoms with E-state index in [0.717, 1.165) is 28.0 Å². The highest BCUT2D eigenvalue weighted by molar-refractivity contribution is 5.92. The highest BCUT2D eigenvalue weighted by Crippen LogP contribution is 2.54. The Bertz CT molecular complexity index is 1260. The average molecular weight is 350 g/mol. The van der Waals surface area contributed by atoms with Crippen LogP contribution in [0, 0.1) is 0 Å². The van der Waals surface area contributed by atoms with E-state index in [1.54, 1.807) is 0 Å². The van der Waals surface area contributed by atoms with Gasteiger partial charge in [0.05, 0.1) is 11.2 Å². The lowest BCUT2D eigenvalue weighted by atomic mass is 9.78. The fraction of sp³-hybridized carbons (Fsp3) is 0.167. The smallest absolute Gasteiger partial charge is 0.146 e. The molecule has 0 saturated heterocycles. The van der Waals surface area contributed by atoms with Crippen LogP contribution in [0.2, 0.25) is 0 Å². The second-order valence-corrected chi connectivity index (χ2v) is 7.86.